The van der Waals surface area contributed by atoms with Crippen molar-refractivity contribution in [2.75, 3.05) is 0 Å². The highest BCUT2D eigenvalue weighted by Crippen LogP contribution is 2.44. The second-order valence-electron chi connectivity index (χ2n) is 7.55. The van der Waals surface area contributed by atoms with Crippen molar-refractivity contribution in [1.29, 1.82) is 5.26 Å². The van der Waals surface area contributed by atoms with Gasteiger partial charge in [-0.15, -0.1) is 0 Å². The molecule has 9 heteroatoms. The van der Waals surface area contributed by atoms with Gasteiger partial charge in [0.05, 0.1) is 35.3 Å². The molecule has 2 nitrogen and oxygen atoms in total. The maximum absolute atomic E-state index is 13.3. The SMILES string of the molecule is C[C@@H](O[C@H]1CC[C@@H](C#N)C1c1ccc(F)cc1)c1cc(C(F)(F)F)cc(C(F)(F)F)c1. The number of alkyl halides is 6. The summed E-state index contributed by atoms with van der Waals surface area (Å²) < 4.78 is 98.0. The van der Waals surface area contributed by atoms with Crippen LogP contribution in [0.4, 0.5) is 30.7 Å². The van der Waals surface area contributed by atoms with Crippen molar-refractivity contribution in [2.45, 2.75) is 50.2 Å². The second kappa shape index (κ2) is 8.50. The molecule has 1 saturated carbocycles. The van der Waals surface area contributed by atoms with Crippen molar-refractivity contribution in [2.24, 2.45) is 5.92 Å². The van der Waals surface area contributed by atoms with Crippen LogP contribution in [0.1, 0.15) is 54.0 Å². The Morgan fingerprint density at radius 3 is 1.97 bits per heavy atom. The van der Waals surface area contributed by atoms with E-state index in [0.29, 0.717) is 30.5 Å². The number of halogens is 7. The van der Waals surface area contributed by atoms with Crippen LogP contribution in [0, 0.1) is 23.1 Å². The Morgan fingerprint density at radius 1 is 0.935 bits per heavy atom. The zero-order chi connectivity index (χ0) is 23.0. The standard InChI is InChI=1S/C22H18F7NO/c1-12(15-8-16(21(24,25)26)10-17(9-15)22(27,28)29)31-19-7-4-14(11-30)20(19)13-2-5-18(23)6-3-13/h2-3,5-6,8-10,12,14,19-20H,4,7H2,1H3/t12-,14+,19+,20?/m1/s1. The van der Waals surface area contributed by atoms with E-state index in [2.05, 4.69) is 6.07 Å². The first kappa shape index (κ1) is 23.1. The second-order valence-corrected chi connectivity index (χ2v) is 7.55. The van der Waals surface area contributed by atoms with Crippen LogP contribution in [0.3, 0.4) is 0 Å². The minimum Gasteiger partial charge on any atom is -0.370 e. The van der Waals surface area contributed by atoms with Gasteiger partial charge < -0.3 is 4.74 Å². The van der Waals surface area contributed by atoms with Crippen LogP contribution in [-0.2, 0) is 17.1 Å². The van der Waals surface area contributed by atoms with Crippen molar-refractivity contribution in [3.8, 4) is 6.07 Å². The number of nitriles is 1. The summed E-state index contributed by atoms with van der Waals surface area (Å²) in [6.07, 6.45) is -10.8. The van der Waals surface area contributed by atoms with Crippen LogP contribution in [0.2, 0.25) is 0 Å². The van der Waals surface area contributed by atoms with Crippen LogP contribution in [0.5, 0.6) is 0 Å². The maximum Gasteiger partial charge on any atom is 0.416 e. The van der Waals surface area contributed by atoms with Gasteiger partial charge in [0.15, 0.2) is 0 Å². The molecule has 0 spiro atoms. The van der Waals surface area contributed by atoms with E-state index in [-0.39, 0.29) is 11.6 Å². The summed E-state index contributed by atoms with van der Waals surface area (Å²) in [5.41, 5.74) is -2.46. The van der Waals surface area contributed by atoms with Gasteiger partial charge in [0, 0.05) is 5.92 Å². The molecular weight excluding hydrogens is 427 g/mol. The first-order valence-corrected chi connectivity index (χ1v) is 9.50. The molecule has 3 rings (SSSR count). The van der Waals surface area contributed by atoms with E-state index >= 15 is 0 Å². The molecule has 0 bridgehead atoms. The Balaban J connectivity index is 1.91. The van der Waals surface area contributed by atoms with Gasteiger partial charge in [0.1, 0.15) is 5.82 Å². The normalized spacial score (nSPS) is 22.9. The Labute approximate surface area is 174 Å². The highest BCUT2D eigenvalue weighted by molar-refractivity contribution is 5.35. The quantitative estimate of drug-likeness (QED) is 0.474. The van der Waals surface area contributed by atoms with Gasteiger partial charge in [0.2, 0.25) is 0 Å². The van der Waals surface area contributed by atoms with Crippen LogP contribution in [-0.4, -0.2) is 6.10 Å². The number of hydrogen-bond acceptors (Lipinski definition) is 2. The molecule has 0 saturated heterocycles. The largest absolute Gasteiger partial charge is 0.416 e. The van der Waals surface area contributed by atoms with Crippen molar-refractivity contribution in [3.05, 3.63) is 70.5 Å². The molecule has 0 aromatic heterocycles. The Kier molecular flexibility index (Phi) is 6.33. The third-order valence-corrected chi connectivity index (χ3v) is 5.48. The van der Waals surface area contributed by atoms with Gasteiger partial charge >= 0.3 is 12.4 Å². The number of benzene rings is 2. The monoisotopic (exact) mass is 445 g/mol. The lowest BCUT2D eigenvalue weighted by molar-refractivity contribution is -0.143. The first-order chi connectivity index (χ1) is 14.4. The topological polar surface area (TPSA) is 33.0 Å². The van der Waals surface area contributed by atoms with Gasteiger partial charge in [-0.2, -0.15) is 31.6 Å². The van der Waals surface area contributed by atoms with Gasteiger partial charge in [0.25, 0.3) is 0 Å². The highest BCUT2D eigenvalue weighted by atomic mass is 19.4. The molecule has 1 fully saturated rings. The molecule has 0 N–H and O–H groups in total. The smallest absolute Gasteiger partial charge is 0.370 e. The highest BCUT2D eigenvalue weighted by Gasteiger charge is 2.40. The summed E-state index contributed by atoms with van der Waals surface area (Å²) in [7, 11) is 0. The van der Waals surface area contributed by atoms with Crippen LogP contribution < -0.4 is 0 Å². The number of hydrogen-bond donors (Lipinski definition) is 0. The molecule has 1 aliphatic carbocycles. The molecule has 0 heterocycles. The summed E-state index contributed by atoms with van der Waals surface area (Å²) in [5, 5.41) is 9.44. The lowest BCUT2D eigenvalue weighted by Gasteiger charge is -2.27. The first-order valence-electron chi connectivity index (χ1n) is 9.50. The zero-order valence-corrected chi connectivity index (χ0v) is 16.3. The fourth-order valence-corrected chi connectivity index (χ4v) is 3.95. The maximum atomic E-state index is 13.3. The molecule has 31 heavy (non-hydrogen) atoms. The third kappa shape index (κ3) is 5.18. The predicted molar refractivity (Wildman–Crippen MR) is 97.2 cm³/mol. The van der Waals surface area contributed by atoms with Gasteiger partial charge in [-0.1, -0.05) is 12.1 Å². The number of rotatable bonds is 4. The fraction of sp³-hybridized carbons (Fsp3) is 0.409. The fourth-order valence-electron chi connectivity index (χ4n) is 3.95. The molecule has 0 aliphatic heterocycles. The molecule has 0 amide bonds. The van der Waals surface area contributed by atoms with Crippen LogP contribution in [0.25, 0.3) is 0 Å². The number of nitrogens with zero attached hydrogens (tertiary/aromatic N) is 1. The van der Waals surface area contributed by atoms with E-state index in [1.165, 1.54) is 31.2 Å². The summed E-state index contributed by atoms with van der Waals surface area (Å²) in [6.45, 7) is 1.37. The van der Waals surface area contributed by atoms with E-state index in [1.54, 1.807) is 0 Å². The zero-order valence-electron chi connectivity index (χ0n) is 16.3. The Hall–Kier alpha value is -2.60. The van der Waals surface area contributed by atoms with Gasteiger partial charge in [-0.3, -0.25) is 0 Å². The van der Waals surface area contributed by atoms with E-state index in [0.717, 1.165) is 0 Å². The van der Waals surface area contributed by atoms with Crippen molar-refractivity contribution in [1.82, 2.24) is 0 Å². The molecule has 4 atom stereocenters. The minimum absolute atomic E-state index is 0.0683. The van der Waals surface area contributed by atoms with E-state index in [1.807, 2.05) is 0 Å². The van der Waals surface area contributed by atoms with Crippen LogP contribution in [0.15, 0.2) is 42.5 Å². The predicted octanol–water partition coefficient (Wildman–Crippen LogP) is 7.03. The third-order valence-electron chi connectivity index (χ3n) is 5.48. The molecule has 1 unspecified atom stereocenters. The summed E-state index contributed by atoms with van der Waals surface area (Å²) in [6, 6.07) is 8.97. The Morgan fingerprint density at radius 2 is 1.48 bits per heavy atom. The number of ether oxygens (including phenoxy) is 1. The average molecular weight is 445 g/mol. The van der Waals surface area contributed by atoms with Crippen molar-refractivity contribution in [3.63, 3.8) is 0 Å². The lowest BCUT2D eigenvalue weighted by atomic mass is 9.88. The average Bonchev–Trinajstić information content (AvgIpc) is 3.09. The van der Waals surface area contributed by atoms with E-state index in [4.69, 9.17) is 4.74 Å². The van der Waals surface area contributed by atoms with Gasteiger partial charge in [-0.25, -0.2) is 4.39 Å². The summed E-state index contributed by atoms with van der Waals surface area (Å²) >= 11 is 0. The van der Waals surface area contributed by atoms with Crippen molar-refractivity contribution >= 4 is 0 Å². The Bertz CT molecular complexity index is 928. The summed E-state index contributed by atoms with van der Waals surface area (Å²) in [4.78, 5) is 0. The lowest BCUT2D eigenvalue weighted by Crippen LogP contribution is -2.22. The molecule has 166 valence electrons. The summed E-state index contributed by atoms with van der Waals surface area (Å²) in [5.74, 6) is -1.40. The molecule has 2 aromatic rings. The molecule has 1 aliphatic rings. The minimum atomic E-state index is -4.95. The van der Waals surface area contributed by atoms with Crippen molar-refractivity contribution < 1.29 is 35.5 Å². The van der Waals surface area contributed by atoms with Gasteiger partial charge in [-0.05, 0) is 61.2 Å². The van der Waals surface area contributed by atoms with E-state index < -0.39 is 53.3 Å². The molecule has 0 radical (unpaired) electrons. The van der Waals surface area contributed by atoms with E-state index in [9.17, 15) is 36.0 Å². The molecule has 2 aromatic carbocycles. The molecular formula is C22H18F7NO. The van der Waals surface area contributed by atoms with Crippen LogP contribution >= 0.6 is 0 Å².